The third-order valence-electron chi connectivity index (χ3n) is 5.17. The van der Waals surface area contributed by atoms with Crippen LogP contribution in [0.4, 0.5) is 10.1 Å². The zero-order chi connectivity index (χ0) is 22.1. The minimum atomic E-state index is -0.459. The van der Waals surface area contributed by atoms with Crippen LogP contribution < -0.4 is 5.32 Å². The number of carbonyl (C=O) groups is 2. The molecule has 1 heterocycles. The number of nitrogens with one attached hydrogen (secondary N) is 1. The Labute approximate surface area is 185 Å². The Bertz CT molecular complexity index is 1220. The molecule has 1 aliphatic rings. The van der Waals surface area contributed by atoms with Crippen molar-refractivity contribution in [2.24, 2.45) is 0 Å². The van der Waals surface area contributed by atoms with Crippen molar-refractivity contribution in [3.05, 3.63) is 106 Å². The van der Waals surface area contributed by atoms with Gasteiger partial charge in [0.1, 0.15) is 11.5 Å². The molecule has 3 aromatic rings. The van der Waals surface area contributed by atoms with E-state index in [4.69, 9.17) is 11.6 Å². The van der Waals surface area contributed by atoms with Crippen LogP contribution in [-0.2, 0) is 16.1 Å². The maximum absolute atomic E-state index is 13.7. The summed E-state index contributed by atoms with van der Waals surface area (Å²) in [4.78, 5) is 27.9. The molecule has 1 aliphatic heterocycles. The van der Waals surface area contributed by atoms with E-state index in [0.717, 1.165) is 16.7 Å². The van der Waals surface area contributed by atoms with Crippen molar-refractivity contribution in [2.45, 2.75) is 20.4 Å². The number of hydrogen-bond donors (Lipinski definition) is 1. The molecule has 3 aromatic carbocycles. The Morgan fingerprint density at radius 1 is 0.935 bits per heavy atom. The van der Waals surface area contributed by atoms with Crippen LogP contribution in [0.5, 0.6) is 0 Å². The maximum Gasteiger partial charge on any atom is 0.278 e. The first kappa shape index (κ1) is 20.8. The van der Waals surface area contributed by atoms with Crippen molar-refractivity contribution in [2.75, 3.05) is 5.32 Å². The van der Waals surface area contributed by atoms with Gasteiger partial charge < -0.3 is 5.32 Å². The number of nitrogens with zero attached hydrogens (tertiary/aromatic N) is 1. The lowest BCUT2D eigenvalue weighted by Crippen LogP contribution is -2.32. The van der Waals surface area contributed by atoms with Gasteiger partial charge in [0.2, 0.25) is 0 Å². The van der Waals surface area contributed by atoms with Gasteiger partial charge in [-0.2, -0.15) is 0 Å². The van der Waals surface area contributed by atoms with Crippen LogP contribution in [0.3, 0.4) is 0 Å². The summed E-state index contributed by atoms with van der Waals surface area (Å²) in [7, 11) is 0. The molecule has 31 heavy (non-hydrogen) atoms. The SMILES string of the molecule is Cc1ccc(C2=C(Nc3cccc(F)c3)C(=O)N(Cc3ccc(Cl)cc3)C2=O)c(C)c1. The average Bonchev–Trinajstić information content (AvgIpc) is 2.94. The van der Waals surface area contributed by atoms with E-state index in [1.807, 2.05) is 32.0 Å². The topological polar surface area (TPSA) is 49.4 Å². The van der Waals surface area contributed by atoms with E-state index in [0.29, 0.717) is 16.3 Å². The number of aryl methyl sites for hydroxylation is 2. The number of imide groups is 1. The molecule has 0 aliphatic carbocycles. The van der Waals surface area contributed by atoms with Gasteiger partial charge >= 0.3 is 0 Å². The summed E-state index contributed by atoms with van der Waals surface area (Å²) in [5.41, 5.74) is 4.18. The number of benzene rings is 3. The standard InChI is InChI=1S/C25H20ClFN2O2/c1-15-6-11-21(16(2)12-15)22-23(28-20-5-3-4-19(27)13-20)25(31)29(24(22)30)14-17-7-9-18(26)10-8-17/h3-13,28H,14H2,1-2H3. The molecule has 0 saturated heterocycles. The van der Waals surface area contributed by atoms with E-state index >= 15 is 0 Å². The van der Waals surface area contributed by atoms with Crippen LogP contribution >= 0.6 is 11.6 Å². The van der Waals surface area contributed by atoms with E-state index in [1.165, 1.54) is 17.0 Å². The van der Waals surface area contributed by atoms with E-state index < -0.39 is 17.6 Å². The summed E-state index contributed by atoms with van der Waals surface area (Å²) in [6.45, 7) is 3.97. The molecule has 0 unspecified atom stereocenters. The number of amides is 2. The Morgan fingerprint density at radius 3 is 2.35 bits per heavy atom. The third-order valence-corrected chi connectivity index (χ3v) is 5.42. The highest BCUT2D eigenvalue weighted by Gasteiger charge is 2.39. The number of halogens is 2. The highest BCUT2D eigenvalue weighted by Crippen LogP contribution is 2.33. The van der Waals surface area contributed by atoms with Gasteiger partial charge in [0.15, 0.2) is 0 Å². The molecule has 4 rings (SSSR count). The quantitative estimate of drug-likeness (QED) is 0.540. The Hall–Kier alpha value is -3.44. The van der Waals surface area contributed by atoms with E-state index in [9.17, 15) is 14.0 Å². The zero-order valence-electron chi connectivity index (χ0n) is 17.1. The van der Waals surface area contributed by atoms with Crippen molar-refractivity contribution in [1.29, 1.82) is 0 Å². The lowest BCUT2D eigenvalue weighted by atomic mass is 9.97. The molecule has 156 valence electrons. The van der Waals surface area contributed by atoms with Crippen molar-refractivity contribution < 1.29 is 14.0 Å². The van der Waals surface area contributed by atoms with Crippen LogP contribution in [0.1, 0.15) is 22.3 Å². The first-order valence-corrected chi connectivity index (χ1v) is 10.2. The number of rotatable bonds is 5. The molecular weight excluding hydrogens is 415 g/mol. The minimum Gasteiger partial charge on any atom is -0.350 e. The molecular formula is C25H20ClFN2O2. The Kier molecular flexibility index (Phi) is 5.61. The molecule has 0 fully saturated rings. The summed E-state index contributed by atoms with van der Waals surface area (Å²) in [5, 5.41) is 3.56. The molecule has 0 radical (unpaired) electrons. The van der Waals surface area contributed by atoms with Crippen molar-refractivity contribution in [3.8, 4) is 0 Å². The van der Waals surface area contributed by atoms with Crippen molar-refractivity contribution in [1.82, 2.24) is 4.90 Å². The van der Waals surface area contributed by atoms with Gasteiger partial charge in [-0.3, -0.25) is 14.5 Å². The zero-order valence-corrected chi connectivity index (χ0v) is 17.8. The first-order valence-electron chi connectivity index (χ1n) is 9.78. The second-order valence-corrected chi connectivity index (χ2v) is 7.96. The largest absolute Gasteiger partial charge is 0.350 e. The molecule has 2 amide bonds. The molecule has 6 heteroatoms. The maximum atomic E-state index is 13.7. The molecule has 0 spiro atoms. The smallest absolute Gasteiger partial charge is 0.278 e. The normalized spacial score (nSPS) is 13.9. The van der Waals surface area contributed by atoms with Crippen LogP contribution in [0.25, 0.3) is 5.57 Å². The fourth-order valence-corrected chi connectivity index (χ4v) is 3.79. The van der Waals surface area contributed by atoms with Crippen molar-refractivity contribution in [3.63, 3.8) is 0 Å². The Balaban J connectivity index is 1.77. The van der Waals surface area contributed by atoms with Crippen LogP contribution in [-0.4, -0.2) is 16.7 Å². The second kappa shape index (κ2) is 8.36. The number of carbonyl (C=O) groups excluding carboxylic acids is 2. The fourth-order valence-electron chi connectivity index (χ4n) is 3.66. The van der Waals surface area contributed by atoms with Gasteiger partial charge in [0, 0.05) is 10.7 Å². The van der Waals surface area contributed by atoms with Gasteiger partial charge in [-0.05, 0) is 60.9 Å². The average molecular weight is 435 g/mol. The molecule has 0 saturated carbocycles. The summed E-state index contributed by atoms with van der Waals surface area (Å²) < 4.78 is 13.7. The molecule has 0 bridgehead atoms. The van der Waals surface area contributed by atoms with Crippen LogP contribution in [0, 0.1) is 19.7 Å². The number of anilines is 1. The minimum absolute atomic E-state index is 0.109. The lowest BCUT2D eigenvalue weighted by molar-refractivity contribution is -0.137. The molecule has 0 atom stereocenters. The van der Waals surface area contributed by atoms with E-state index in [-0.39, 0.29) is 17.8 Å². The first-order chi connectivity index (χ1) is 14.8. The predicted molar refractivity (Wildman–Crippen MR) is 120 cm³/mol. The summed E-state index contributed by atoms with van der Waals surface area (Å²) in [5.74, 6) is -1.29. The summed E-state index contributed by atoms with van der Waals surface area (Å²) in [6.07, 6.45) is 0. The Morgan fingerprint density at radius 2 is 1.68 bits per heavy atom. The summed E-state index contributed by atoms with van der Waals surface area (Å²) in [6, 6.07) is 18.5. The highest BCUT2D eigenvalue weighted by molar-refractivity contribution is 6.36. The number of hydrogen-bond acceptors (Lipinski definition) is 3. The second-order valence-electron chi connectivity index (χ2n) is 7.53. The van der Waals surface area contributed by atoms with Crippen LogP contribution in [0.2, 0.25) is 5.02 Å². The van der Waals surface area contributed by atoms with Gasteiger partial charge in [0.05, 0.1) is 12.1 Å². The van der Waals surface area contributed by atoms with Crippen LogP contribution in [0.15, 0.2) is 72.4 Å². The predicted octanol–water partition coefficient (Wildman–Crippen LogP) is 5.49. The third kappa shape index (κ3) is 4.23. The van der Waals surface area contributed by atoms with Crippen molar-refractivity contribution >= 4 is 34.7 Å². The van der Waals surface area contributed by atoms with Gasteiger partial charge in [-0.1, -0.05) is 53.6 Å². The van der Waals surface area contributed by atoms with E-state index in [1.54, 1.807) is 36.4 Å². The molecule has 0 aromatic heterocycles. The van der Waals surface area contributed by atoms with E-state index in [2.05, 4.69) is 5.32 Å². The van der Waals surface area contributed by atoms with Gasteiger partial charge in [-0.25, -0.2) is 4.39 Å². The molecule has 4 nitrogen and oxygen atoms in total. The highest BCUT2D eigenvalue weighted by atomic mass is 35.5. The van der Waals surface area contributed by atoms with Gasteiger partial charge in [-0.15, -0.1) is 0 Å². The summed E-state index contributed by atoms with van der Waals surface area (Å²) >= 11 is 5.95. The fraction of sp³-hybridized carbons (Fsp3) is 0.120. The monoisotopic (exact) mass is 434 g/mol. The van der Waals surface area contributed by atoms with Gasteiger partial charge in [0.25, 0.3) is 11.8 Å². The lowest BCUT2D eigenvalue weighted by Gasteiger charge is -2.16. The molecule has 1 N–H and O–H groups in total.